The zero-order valence-electron chi connectivity index (χ0n) is 13.9. The number of rotatable bonds is 4. The molecular formula is C19H22N2O3. The van der Waals surface area contributed by atoms with E-state index in [-0.39, 0.29) is 11.3 Å². The number of carbonyl (C=O) groups excluding carboxylic acids is 1. The largest absolute Gasteiger partial charge is 0.440 e. The first-order valence-corrected chi connectivity index (χ1v) is 8.61. The number of amides is 1. The van der Waals surface area contributed by atoms with Gasteiger partial charge in [0.25, 0.3) is 5.91 Å². The SMILES string of the molecule is Cc1nc(C(=O)NC[C@@]23CCC[C@@H]2OCC3)c(-c2ccccc2)o1. The number of carbonyl (C=O) groups is 1. The fourth-order valence-electron chi connectivity index (χ4n) is 4.05. The Hall–Kier alpha value is -2.14. The van der Waals surface area contributed by atoms with Crippen LogP contribution in [0.15, 0.2) is 34.7 Å². The fourth-order valence-corrected chi connectivity index (χ4v) is 4.05. The quantitative estimate of drug-likeness (QED) is 0.936. The van der Waals surface area contributed by atoms with Gasteiger partial charge in [-0.25, -0.2) is 4.98 Å². The minimum absolute atomic E-state index is 0.112. The molecule has 2 atom stereocenters. The van der Waals surface area contributed by atoms with Crippen LogP contribution >= 0.6 is 0 Å². The number of nitrogens with zero attached hydrogens (tertiary/aromatic N) is 1. The second-order valence-corrected chi connectivity index (χ2v) is 6.82. The van der Waals surface area contributed by atoms with Crippen LogP contribution in [0.1, 0.15) is 42.1 Å². The summed E-state index contributed by atoms with van der Waals surface area (Å²) >= 11 is 0. The van der Waals surface area contributed by atoms with Crippen LogP contribution < -0.4 is 5.32 Å². The summed E-state index contributed by atoms with van der Waals surface area (Å²) in [6.45, 7) is 3.22. The number of oxazole rings is 1. The lowest BCUT2D eigenvalue weighted by molar-refractivity contribution is 0.0668. The molecule has 1 aliphatic heterocycles. The Bertz CT molecular complexity index is 728. The molecule has 1 saturated heterocycles. The minimum atomic E-state index is -0.169. The van der Waals surface area contributed by atoms with Crippen LogP contribution in [0, 0.1) is 12.3 Å². The van der Waals surface area contributed by atoms with Gasteiger partial charge in [0.2, 0.25) is 0 Å². The average molecular weight is 326 g/mol. The predicted octanol–water partition coefficient (Wildman–Crippen LogP) is 3.34. The lowest BCUT2D eigenvalue weighted by Crippen LogP contribution is -2.40. The topological polar surface area (TPSA) is 64.4 Å². The van der Waals surface area contributed by atoms with Gasteiger partial charge in [-0.3, -0.25) is 4.79 Å². The summed E-state index contributed by atoms with van der Waals surface area (Å²) in [7, 11) is 0. The van der Waals surface area contributed by atoms with E-state index in [0.29, 0.717) is 30.0 Å². The Kier molecular flexibility index (Phi) is 3.88. The lowest BCUT2D eigenvalue weighted by Gasteiger charge is -2.27. The number of benzene rings is 1. The molecule has 2 aliphatic rings. The number of hydrogen-bond donors (Lipinski definition) is 1. The van der Waals surface area contributed by atoms with Crippen molar-refractivity contribution in [2.24, 2.45) is 5.41 Å². The maximum Gasteiger partial charge on any atom is 0.273 e. The summed E-state index contributed by atoms with van der Waals surface area (Å²) in [6.07, 6.45) is 4.74. The molecule has 0 spiro atoms. The maximum atomic E-state index is 12.7. The number of aromatic nitrogens is 1. The molecule has 1 amide bonds. The third-order valence-electron chi connectivity index (χ3n) is 5.33. The van der Waals surface area contributed by atoms with Crippen molar-refractivity contribution in [3.63, 3.8) is 0 Å². The Morgan fingerprint density at radius 2 is 2.17 bits per heavy atom. The smallest absolute Gasteiger partial charge is 0.273 e. The summed E-state index contributed by atoms with van der Waals surface area (Å²) in [6, 6.07) is 9.63. The van der Waals surface area contributed by atoms with E-state index in [1.54, 1.807) is 6.92 Å². The minimum Gasteiger partial charge on any atom is -0.440 e. The molecule has 5 nitrogen and oxygen atoms in total. The van der Waals surface area contributed by atoms with Crippen LogP contribution in [0.2, 0.25) is 0 Å². The van der Waals surface area contributed by atoms with Crippen LogP contribution in [-0.2, 0) is 4.74 Å². The number of nitrogens with one attached hydrogen (secondary N) is 1. The molecule has 1 aromatic heterocycles. The zero-order chi connectivity index (χ0) is 16.6. The predicted molar refractivity (Wildman–Crippen MR) is 89.7 cm³/mol. The van der Waals surface area contributed by atoms with E-state index in [9.17, 15) is 4.79 Å². The van der Waals surface area contributed by atoms with Crippen molar-refractivity contribution in [2.45, 2.75) is 38.7 Å². The fraction of sp³-hybridized carbons (Fsp3) is 0.474. The van der Waals surface area contributed by atoms with E-state index in [1.165, 1.54) is 6.42 Å². The van der Waals surface area contributed by atoms with Gasteiger partial charge in [0.15, 0.2) is 17.3 Å². The third-order valence-corrected chi connectivity index (χ3v) is 5.33. The summed E-state index contributed by atoms with van der Waals surface area (Å²) in [5.74, 6) is 0.867. The molecule has 2 fully saturated rings. The van der Waals surface area contributed by atoms with Crippen molar-refractivity contribution >= 4 is 5.91 Å². The van der Waals surface area contributed by atoms with Crippen LogP contribution in [0.25, 0.3) is 11.3 Å². The molecule has 1 saturated carbocycles. The van der Waals surface area contributed by atoms with E-state index < -0.39 is 0 Å². The number of ether oxygens (including phenoxy) is 1. The van der Waals surface area contributed by atoms with Crippen molar-refractivity contribution in [1.82, 2.24) is 10.3 Å². The van der Waals surface area contributed by atoms with Gasteiger partial charge in [0.1, 0.15) is 0 Å². The summed E-state index contributed by atoms with van der Waals surface area (Å²) < 4.78 is 11.5. The molecule has 1 N–H and O–H groups in total. The maximum absolute atomic E-state index is 12.7. The second-order valence-electron chi connectivity index (χ2n) is 6.82. The Labute approximate surface area is 141 Å². The summed E-state index contributed by atoms with van der Waals surface area (Å²) in [4.78, 5) is 17.0. The molecule has 1 aromatic carbocycles. The Morgan fingerprint density at radius 1 is 1.33 bits per heavy atom. The van der Waals surface area contributed by atoms with Gasteiger partial charge < -0.3 is 14.5 Å². The molecule has 4 rings (SSSR count). The highest BCUT2D eigenvalue weighted by molar-refractivity contribution is 5.97. The number of hydrogen-bond acceptors (Lipinski definition) is 4. The van der Waals surface area contributed by atoms with Gasteiger partial charge >= 0.3 is 0 Å². The van der Waals surface area contributed by atoms with Crippen molar-refractivity contribution in [2.75, 3.05) is 13.2 Å². The summed E-state index contributed by atoms with van der Waals surface area (Å²) in [5, 5.41) is 3.09. The van der Waals surface area contributed by atoms with Crippen LogP contribution in [-0.4, -0.2) is 30.1 Å². The van der Waals surface area contributed by atoms with Crippen LogP contribution in [0.4, 0.5) is 0 Å². The molecule has 2 heterocycles. The van der Waals surface area contributed by atoms with Crippen molar-refractivity contribution in [3.05, 3.63) is 41.9 Å². The standard InChI is InChI=1S/C19H22N2O3/c1-13-21-16(17(24-13)14-6-3-2-4-7-14)18(22)20-12-19-9-5-8-15(19)23-11-10-19/h2-4,6-7,15H,5,8-12H2,1H3,(H,20,22)/t15-,19-/m0/s1. The Balaban J connectivity index is 1.53. The van der Waals surface area contributed by atoms with Gasteiger partial charge in [-0.1, -0.05) is 36.8 Å². The molecule has 126 valence electrons. The first-order chi connectivity index (χ1) is 11.7. The third kappa shape index (κ3) is 2.63. The Morgan fingerprint density at radius 3 is 3.00 bits per heavy atom. The molecular weight excluding hydrogens is 304 g/mol. The van der Waals surface area contributed by atoms with Crippen LogP contribution in [0.5, 0.6) is 0 Å². The van der Waals surface area contributed by atoms with Crippen molar-refractivity contribution in [1.29, 1.82) is 0 Å². The number of fused-ring (bicyclic) bond motifs is 1. The first kappa shape index (κ1) is 15.4. The monoisotopic (exact) mass is 326 g/mol. The average Bonchev–Trinajstić information content (AvgIpc) is 3.27. The van der Waals surface area contributed by atoms with Crippen molar-refractivity contribution in [3.8, 4) is 11.3 Å². The van der Waals surface area contributed by atoms with Crippen LogP contribution in [0.3, 0.4) is 0 Å². The molecule has 5 heteroatoms. The highest BCUT2D eigenvalue weighted by atomic mass is 16.5. The molecule has 24 heavy (non-hydrogen) atoms. The van der Waals surface area contributed by atoms with E-state index >= 15 is 0 Å². The van der Waals surface area contributed by atoms with Gasteiger partial charge in [0, 0.05) is 31.1 Å². The van der Waals surface area contributed by atoms with Gasteiger partial charge in [-0.15, -0.1) is 0 Å². The van der Waals surface area contributed by atoms with Gasteiger partial charge in [0.05, 0.1) is 6.10 Å². The molecule has 1 aliphatic carbocycles. The van der Waals surface area contributed by atoms with Gasteiger partial charge in [-0.2, -0.15) is 0 Å². The molecule has 0 unspecified atom stereocenters. The highest BCUT2D eigenvalue weighted by Gasteiger charge is 2.47. The van der Waals surface area contributed by atoms with Crippen molar-refractivity contribution < 1.29 is 13.9 Å². The zero-order valence-corrected chi connectivity index (χ0v) is 13.9. The molecule has 2 aromatic rings. The second kappa shape index (κ2) is 6.06. The van der Waals surface area contributed by atoms with E-state index in [0.717, 1.165) is 31.4 Å². The number of aryl methyl sites for hydroxylation is 1. The van der Waals surface area contributed by atoms with E-state index in [2.05, 4.69) is 10.3 Å². The first-order valence-electron chi connectivity index (χ1n) is 8.61. The molecule has 0 radical (unpaired) electrons. The van der Waals surface area contributed by atoms with E-state index in [4.69, 9.17) is 9.15 Å². The normalized spacial score (nSPS) is 25.6. The molecule has 0 bridgehead atoms. The summed E-state index contributed by atoms with van der Waals surface area (Å²) in [5.41, 5.74) is 1.34. The van der Waals surface area contributed by atoms with E-state index in [1.807, 2.05) is 30.3 Å². The van der Waals surface area contributed by atoms with Gasteiger partial charge in [-0.05, 0) is 19.3 Å². The highest BCUT2D eigenvalue weighted by Crippen LogP contribution is 2.46. The lowest BCUT2D eigenvalue weighted by atomic mass is 9.83.